The molecular weight excluding hydrogens is 2010 g/mol. The Kier molecular flexibility index (Phi) is 29.7. The van der Waals surface area contributed by atoms with Gasteiger partial charge in [0.2, 0.25) is 0 Å². The molecule has 9 rings (SSSR count). The Hall–Kier alpha value is -9.44. The standard InChI is InChI=1S/C81H42F48P4/c1-36(66(82,83)84)9-42(67(85,86)87)10-37(2)130(57-18-43(68(88,89)90)11-44(19-57)69(91,92)93)32-38-5-3-6-39(33-131(58-20-45(70(94,95)96)12-46(21-58)71(97,98)99)59-22-47(72(100,101)102)13-48(23-59)73(103,104)105)64(38)65-40(34-132(60-24-49(74(106,107)108)14-50(25-60)75(109,110)111)61-26-51(76(112,113)114)15-52(27-61)77(115,116)117)7-4-8-41(65)35-133(62-28-53(78(118,119)120)16-54(29-62)79(121,122)123)63-30-55(80(124,125)126)17-56(31-63)81(127,128)129/h3-31H,1,32-35H2,2H3/b37-10+,42-9+. The number of rotatable bonds is 19. The van der Waals surface area contributed by atoms with Gasteiger partial charge in [-0.15, -0.1) is 0 Å². The molecule has 52 heteroatoms. The van der Waals surface area contributed by atoms with Crippen molar-refractivity contribution >= 4 is 68.8 Å². The summed E-state index contributed by atoms with van der Waals surface area (Å²) in [5.41, 5.74) is -51.7. The van der Waals surface area contributed by atoms with Crippen molar-refractivity contribution in [1.82, 2.24) is 0 Å². The van der Waals surface area contributed by atoms with Crippen molar-refractivity contribution in [2.45, 2.75) is 130 Å². The molecule has 0 spiro atoms. The topological polar surface area (TPSA) is 0 Å². The predicted octanol–water partition coefficient (Wildman–Crippen LogP) is 31.3. The molecule has 0 radical (unpaired) electrons. The van der Waals surface area contributed by atoms with Gasteiger partial charge in [-0.1, -0.05) is 43.0 Å². The van der Waals surface area contributed by atoms with E-state index in [0.717, 1.165) is 0 Å². The fourth-order valence-electron chi connectivity index (χ4n) is 13.0. The Balaban J connectivity index is 1.68. The summed E-state index contributed by atoms with van der Waals surface area (Å²) in [5.74, 6) is 0. The number of hydrogen-bond donors (Lipinski definition) is 0. The molecule has 9 aromatic carbocycles. The third kappa shape index (κ3) is 26.6. The van der Waals surface area contributed by atoms with Crippen LogP contribution in [0.5, 0.6) is 0 Å². The van der Waals surface area contributed by atoms with Gasteiger partial charge >= 0.3 is 98.8 Å². The zero-order valence-electron chi connectivity index (χ0n) is 64.2. The second-order valence-electron chi connectivity index (χ2n) is 28.5. The highest BCUT2D eigenvalue weighted by Gasteiger charge is 2.49. The highest BCUT2D eigenvalue weighted by Crippen LogP contribution is 2.58. The maximum atomic E-state index is 15.4. The monoisotopic (exact) mass is 2050 g/mol. The zero-order valence-corrected chi connectivity index (χ0v) is 67.8. The average Bonchev–Trinajstić information content (AvgIpc) is 0.753. The van der Waals surface area contributed by atoms with E-state index in [1.165, 1.54) is 0 Å². The van der Waals surface area contributed by atoms with Crippen LogP contribution in [0.2, 0.25) is 0 Å². The molecule has 0 saturated heterocycles. The van der Waals surface area contributed by atoms with E-state index in [2.05, 4.69) is 6.58 Å². The van der Waals surface area contributed by atoms with Crippen molar-refractivity contribution in [3.63, 3.8) is 0 Å². The lowest BCUT2D eigenvalue weighted by Gasteiger charge is -2.30. The number of halogens is 48. The first-order valence-electron chi connectivity index (χ1n) is 35.4. The lowest BCUT2D eigenvalue weighted by Crippen LogP contribution is -2.23. The quantitative estimate of drug-likeness (QED) is 0.0430. The van der Waals surface area contributed by atoms with Crippen molar-refractivity contribution in [1.29, 1.82) is 0 Å². The molecule has 0 heterocycles. The summed E-state index contributed by atoms with van der Waals surface area (Å²) in [5, 5.41) is -14.5. The van der Waals surface area contributed by atoms with E-state index >= 15 is 198 Å². The Labute approximate surface area is 718 Å². The highest BCUT2D eigenvalue weighted by atomic mass is 31.1. The Morgan fingerprint density at radius 2 is 0.376 bits per heavy atom. The number of allylic oxidation sites excluding steroid dienone is 5. The molecule has 0 aliphatic rings. The van der Waals surface area contributed by atoms with Crippen LogP contribution >= 0.6 is 31.7 Å². The molecule has 1 atom stereocenters. The van der Waals surface area contributed by atoms with Gasteiger partial charge in [-0.3, -0.25) is 0 Å². The normalized spacial score (nSPS) is 14.5. The van der Waals surface area contributed by atoms with Gasteiger partial charge in [-0.25, -0.2) is 0 Å². The summed E-state index contributed by atoms with van der Waals surface area (Å²) < 4.78 is 730. The van der Waals surface area contributed by atoms with Gasteiger partial charge in [0.05, 0.1) is 83.5 Å². The molecule has 1 unspecified atom stereocenters. The van der Waals surface area contributed by atoms with Gasteiger partial charge in [0.1, 0.15) is 0 Å². The van der Waals surface area contributed by atoms with Crippen LogP contribution in [-0.2, 0) is 111 Å². The molecule has 133 heavy (non-hydrogen) atoms. The van der Waals surface area contributed by atoms with E-state index < -0.39 is 460 Å². The molecule has 0 aromatic heterocycles. The van der Waals surface area contributed by atoms with Gasteiger partial charge in [0, 0.05) is 30.2 Å². The summed E-state index contributed by atoms with van der Waals surface area (Å²) in [6.45, 7) is 2.56. The van der Waals surface area contributed by atoms with Crippen molar-refractivity contribution in [3.8, 4) is 11.1 Å². The van der Waals surface area contributed by atoms with Gasteiger partial charge in [-0.05, 0) is 254 Å². The summed E-state index contributed by atoms with van der Waals surface area (Å²) in [6, 6.07) is -10.9. The zero-order chi connectivity index (χ0) is 101. The molecule has 0 N–H and O–H groups in total. The van der Waals surface area contributed by atoms with E-state index in [1.807, 2.05) is 0 Å². The maximum Gasteiger partial charge on any atom is 0.416 e. The fraction of sp³-hybridized carbons (Fsp3) is 0.259. The second-order valence-corrected chi connectivity index (χ2v) is 37.5. The molecule has 0 bridgehead atoms. The lowest BCUT2D eigenvalue weighted by molar-refractivity contribution is -0.144. The molecular formula is C81H42F48P4. The van der Waals surface area contributed by atoms with E-state index in [9.17, 15) is 13.2 Å². The first-order valence-corrected chi connectivity index (χ1v) is 41.5. The molecule has 0 saturated carbocycles. The van der Waals surface area contributed by atoms with Crippen LogP contribution in [0, 0.1) is 0 Å². The molecule has 0 nitrogen and oxygen atoms in total. The van der Waals surface area contributed by atoms with Gasteiger partial charge in [-0.2, -0.15) is 211 Å². The summed E-state index contributed by atoms with van der Waals surface area (Å²) in [6.07, 6.45) is -110. The van der Waals surface area contributed by atoms with Crippen LogP contribution in [0.4, 0.5) is 211 Å². The van der Waals surface area contributed by atoms with E-state index in [0.29, 0.717) is 6.07 Å². The van der Waals surface area contributed by atoms with Crippen molar-refractivity contribution < 1.29 is 211 Å². The second kappa shape index (κ2) is 36.9. The molecule has 0 aliphatic carbocycles. The third-order valence-electron chi connectivity index (χ3n) is 19.0. The summed E-state index contributed by atoms with van der Waals surface area (Å²) >= 11 is 0. The summed E-state index contributed by atoms with van der Waals surface area (Å²) in [7, 11) is -17.8. The van der Waals surface area contributed by atoms with Crippen LogP contribution in [0.3, 0.4) is 0 Å². The van der Waals surface area contributed by atoms with Gasteiger partial charge in [0.25, 0.3) is 0 Å². The van der Waals surface area contributed by atoms with Crippen molar-refractivity contribution in [2.24, 2.45) is 0 Å². The van der Waals surface area contributed by atoms with Crippen LogP contribution in [0.15, 0.2) is 199 Å². The Bertz CT molecular complexity index is 5240. The maximum absolute atomic E-state index is 15.4. The third-order valence-corrected chi connectivity index (χ3v) is 28.8. The molecule has 722 valence electrons. The average molecular weight is 2050 g/mol. The van der Waals surface area contributed by atoms with Crippen molar-refractivity contribution in [2.75, 3.05) is 0 Å². The minimum atomic E-state index is -6.33. The minimum Gasteiger partial charge on any atom is -0.166 e. The molecule has 0 aliphatic heterocycles. The van der Waals surface area contributed by atoms with Gasteiger partial charge in [0.15, 0.2) is 0 Å². The van der Waals surface area contributed by atoms with E-state index in [1.54, 1.807) is 0 Å². The van der Waals surface area contributed by atoms with E-state index in [-0.39, 0.29) is 37.3 Å². The van der Waals surface area contributed by atoms with Gasteiger partial charge < -0.3 is 0 Å². The SMILES string of the molecule is C=C(/C=C(\C=C(/C)P(Cc1cccc(CP(c2cc(C(F)(F)F)cc(C(F)(F)F)c2)c2cc(C(F)(F)F)cc(C(F)(F)F)c2)c1-c1c(CP(c2cc(C(F)(F)F)cc(C(F)(F)F)c2)c2cc(C(F)(F)F)cc(C(F)(F)F)c2)cccc1CP(c1cc(C(F)(F)F)cc(C(F)(F)F)c1)c1cc(C(F)(F)F)cc(C(F)(F)F)c1)c1cc(C(F)(F)F)cc(C(F)(F)F)c1)C(F)(F)F)C(F)(F)F. The van der Waals surface area contributed by atoms with Crippen LogP contribution in [0.25, 0.3) is 11.1 Å². The molecule has 9 aromatic rings. The van der Waals surface area contributed by atoms with Crippen LogP contribution in [-0.4, -0.2) is 12.4 Å². The first kappa shape index (κ1) is 107. The van der Waals surface area contributed by atoms with Crippen molar-refractivity contribution in [3.05, 3.63) is 299 Å². The number of hydrogen-bond acceptors (Lipinski definition) is 0. The first-order chi connectivity index (χ1) is 59.8. The smallest absolute Gasteiger partial charge is 0.166 e. The molecule has 0 amide bonds. The van der Waals surface area contributed by atoms with Crippen LogP contribution < -0.4 is 37.1 Å². The lowest BCUT2D eigenvalue weighted by atomic mass is 9.89. The van der Waals surface area contributed by atoms with E-state index in [4.69, 9.17) is 0 Å². The highest BCUT2D eigenvalue weighted by molar-refractivity contribution is 7.73. The fourth-order valence-corrected chi connectivity index (χ4v) is 22.7. The minimum absolute atomic E-state index is 0.179. The number of alkyl halides is 48. The number of benzene rings is 9. The summed E-state index contributed by atoms with van der Waals surface area (Å²) in [4.78, 5) is 0. The Morgan fingerprint density at radius 1 is 0.218 bits per heavy atom. The largest absolute Gasteiger partial charge is 0.416 e. The predicted molar refractivity (Wildman–Crippen MR) is 390 cm³/mol. The Morgan fingerprint density at radius 3 is 0.526 bits per heavy atom. The van der Waals surface area contributed by atoms with Crippen LogP contribution in [0.1, 0.15) is 107 Å². The molecule has 0 fully saturated rings.